The summed E-state index contributed by atoms with van der Waals surface area (Å²) in [5, 5.41) is 8.70. The van der Waals surface area contributed by atoms with Crippen LogP contribution in [0.3, 0.4) is 0 Å². The van der Waals surface area contributed by atoms with Crippen molar-refractivity contribution in [3.05, 3.63) is 65.5 Å². The average molecular weight is 317 g/mol. The Bertz CT molecular complexity index is 715. The topological polar surface area (TPSA) is 57.6 Å². The number of anilines is 1. The molecule has 2 aromatic carbocycles. The van der Waals surface area contributed by atoms with Gasteiger partial charge in [-0.1, -0.05) is 12.1 Å². The quantitative estimate of drug-likeness (QED) is 0.943. The van der Waals surface area contributed by atoms with Gasteiger partial charge in [-0.15, -0.1) is 11.8 Å². The van der Waals surface area contributed by atoms with Crippen molar-refractivity contribution >= 4 is 29.3 Å². The molecule has 0 saturated carbocycles. The van der Waals surface area contributed by atoms with E-state index >= 15 is 0 Å². The predicted octanol–water partition coefficient (Wildman–Crippen LogP) is 3.30. The number of hydrogen-bond donors (Lipinski definition) is 1. The van der Waals surface area contributed by atoms with Gasteiger partial charge in [-0.25, -0.2) is 9.18 Å². The van der Waals surface area contributed by atoms with Crippen LogP contribution in [0.4, 0.5) is 10.1 Å². The Hall–Kier alpha value is -2.34. The van der Waals surface area contributed by atoms with Gasteiger partial charge in [0, 0.05) is 5.69 Å². The molecule has 1 atom stereocenters. The lowest BCUT2D eigenvalue weighted by atomic mass is 10.1. The lowest BCUT2D eigenvalue weighted by Crippen LogP contribution is -2.27. The van der Waals surface area contributed by atoms with Crippen molar-refractivity contribution in [2.75, 3.05) is 10.7 Å². The molecule has 0 radical (unpaired) electrons. The van der Waals surface area contributed by atoms with Crippen LogP contribution in [0.1, 0.15) is 21.3 Å². The first-order chi connectivity index (χ1) is 10.6. The molecule has 3 rings (SSSR count). The molecule has 1 fully saturated rings. The van der Waals surface area contributed by atoms with Gasteiger partial charge in [-0.3, -0.25) is 9.69 Å². The van der Waals surface area contributed by atoms with Crippen LogP contribution in [0, 0.1) is 5.82 Å². The second-order valence-electron chi connectivity index (χ2n) is 4.83. The van der Waals surface area contributed by atoms with E-state index in [2.05, 4.69) is 0 Å². The summed E-state index contributed by atoms with van der Waals surface area (Å²) in [5.74, 6) is -1.05. The maximum atomic E-state index is 13.0. The molecule has 0 spiro atoms. The molecule has 1 aliphatic heterocycles. The van der Waals surface area contributed by atoms with Gasteiger partial charge in [0.1, 0.15) is 11.2 Å². The summed E-state index contributed by atoms with van der Waals surface area (Å²) in [6.45, 7) is 0. The normalized spacial score (nSPS) is 17.8. The van der Waals surface area contributed by atoms with Crippen molar-refractivity contribution in [3.8, 4) is 0 Å². The molecule has 2 aromatic rings. The number of halogens is 1. The molecule has 4 nitrogen and oxygen atoms in total. The summed E-state index contributed by atoms with van der Waals surface area (Å²) in [6, 6.07) is 12.2. The lowest BCUT2D eigenvalue weighted by Gasteiger charge is -2.24. The average Bonchev–Trinajstić information content (AvgIpc) is 2.90. The van der Waals surface area contributed by atoms with Crippen molar-refractivity contribution in [1.82, 2.24) is 0 Å². The highest BCUT2D eigenvalue weighted by Crippen LogP contribution is 2.41. The van der Waals surface area contributed by atoms with Crippen molar-refractivity contribution in [2.45, 2.75) is 5.37 Å². The third kappa shape index (κ3) is 2.69. The maximum absolute atomic E-state index is 13.0. The Kier molecular flexibility index (Phi) is 3.85. The number of aromatic carboxylic acids is 1. The molecule has 1 heterocycles. The standard InChI is InChI=1S/C16H12FNO3S/c17-12-5-1-10(2-6-12)15-18(14(19)9-22-15)13-7-3-11(4-8-13)16(20)21/h1-8,15H,9H2,(H,20,21). The fraction of sp³-hybridized carbons (Fsp3) is 0.125. The highest BCUT2D eigenvalue weighted by molar-refractivity contribution is 8.00. The second-order valence-corrected chi connectivity index (χ2v) is 5.90. The van der Waals surface area contributed by atoms with Crippen LogP contribution in [0.25, 0.3) is 0 Å². The van der Waals surface area contributed by atoms with Gasteiger partial charge in [-0.05, 0) is 42.0 Å². The Balaban J connectivity index is 1.93. The van der Waals surface area contributed by atoms with Crippen LogP contribution in [0.2, 0.25) is 0 Å². The fourth-order valence-electron chi connectivity index (χ4n) is 2.34. The highest BCUT2D eigenvalue weighted by atomic mass is 32.2. The number of benzene rings is 2. The first-order valence-electron chi connectivity index (χ1n) is 6.59. The number of carboxylic acids is 1. The van der Waals surface area contributed by atoms with E-state index < -0.39 is 5.97 Å². The Labute approximate surface area is 130 Å². The number of carbonyl (C=O) groups excluding carboxylic acids is 1. The first-order valence-corrected chi connectivity index (χ1v) is 7.63. The third-order valence-corrected chi connectivity index (χ3v) is 4.63. The smallest absolute Gasteiger partial charge is 0.335 e. The van der Waals surface area contributed by atoms with Gasteiger partial charge in [0.15, 0.2) is 0 Å². The monoisotopic (exact) mass is 317 g/mol. The fourth-order valence-corrected chi connectivity index (χ4v) is 3.52. The molecule has 1 aliphatic rings. The van der Waals surface area contributed by atoms with Crippen LogP contribution in [0.15, 0.2) is 48.5 Å². The summed E-state index contributed by atoms with van der Waals surface area (Å²) in [6.07, 6.45) is 0. The summed E-state index contributed by atoms with van der Waals surface area (Å²) in [5.41, 5.74) is 1.63. The number of rotatable bonds is 3. The number of nitrogens with zero attached hydrogens (tertiary/aromatic N) is 1. The van der Waals surface area contributed by atoms with Crippen molar-refractivity contribution in [3.63, 3.8) is 0 Å². The van der Waals surface area contributed by atoms with Gasteiger partial charge < -0.3 is 5.11 Å². The van der Waals surface area contributed by atoms with E-state index in [-0.39, 0.29) is 22.7 Å². The van der Waals surface area contributed by atoms with Gasteiger partial charge in [0.25, 0.3) is 0 Å². The van der Waals surface area contributed by atoms with E-state index in [4.69, 9.17) is 5.11 Å². The number of hydrogen-bond acceptors (Lipinski definition) is 3. The summed E-state index contributed by atoms with van der Waals surface area (Å²) >= 11 is 1.46. The largest absolute Gasteiger partial charge is 0.478 e. The molecule has 0 bridgehead atoms. The second kappa shape index (κ2) is 5.81. The lowest BCUT2D eigenvalue weighted by molar-refractivity contribution is -0.115. The molecule has 112 valence electrons. The van der Waals surface area contributed by atoms with Crippen LogP contribution in [-0.4, -0.2) is 22.7 Å². The summed E-state index contributed by atoms with van der Waals surface area (Å²) in [4.78, 5) is 24.7. The molecule has 6 heteroatoms. The Morgan fingerprint density at radius 2 is 1.77 bits per heavy atom. The van der Waals surface area contributed by atoms with Gasteiger partial charge in [0.05, 0.1) is 11.3 Å². The van der Waals surface area contributed by atoms with Crippen molar-refractivity contribution in [2.24, 2.45) is 0 Å². The van der Waals surface area contributed by atoms with E-state index in [1.54, 1.807) is 29.2 Å². The van der Waals surface area contributed by atoms with Gasteiger partial charge >= 0.3 is 5.97 Å². The minimum Gasteiger partial charge on any atom is -0.478 e. The Morgan fingerprint density at radius 3 is 2.36 bits per heavy atom. The summed E-state index contributed by atoms with van der Waals surface area (Å²) < 4.78 is 13.0. The van der Waals surface area contributed by atoms with Crippen LogP contribution in [0.5, 0.6) is 0 Å². The molecule has 1 amide bonds. The first kappa shape index (κ1) is 14.6. The SMILES string of the molecule is O=C(O)c1ccc(N2C(=O)CSC2c2ccc(F)cc2)cc1. The molecule has 1 unspecified atom stereocenters. The van der Waals surface area contributed by atoms with E-state index in [0.717, 1.165) is 5.56 Å². The zero-order chi connectivity index (χ0) is 15.7. The molecule has 22 heavy (non-hydrogen) atoms. The van der Waals surface area contributed by atoms with E-state index in [1.165, 1.54) is 36.0 Å². The zero-order valence-corrected chi connectivity index (χ0v) is 12.2. The van der Waals surface area contributed by atoms with Gasteiger partial charge in [-0.2, -0.15) is 0 Å². The predicted molar refractivity (Wildman–Crippen MR) is 82.5 cm³/mol. The number of carboxylic acid groups (broad SMARTS) is 1. The minimum absolute atomic E-state index is 0.0533. The summed E-state index contributed by atoms with van der Waals surface area (Å²) in [7, 11) is 0. The number of thioether (sulfide) groups is 1. The Morgan fingerprint density at radius 1 is 1.14 bits per heavy atom. The van der Waals surface area contributed by atoms with E-state index in [9.17, 15) is 14.0 Å². The van der Waals surface area contributed by atoms with Crippen LogP contribution < -0.4 is 4.90 Å². The number of carbonyl (C=O) groups is 2. The third-order valence-electron chi connectivity index (χ3n) is 3.42. The van der Waals surface area contributed by atoms with Crippen molar-refractivity contribution < 1.29 is 19.1 Å². The maximum Gasteiger partial charge on any atom is 0.335 e. The van der Waals surface area contributed by atoms with E-state index in [0.29, 0.717) is 11.4 Å². The van der Waals surface area contributed by atoms with E-state index in [1.807, 2.05) is 0 Å². The zero-order valence-electron chi connectivity index (χ0n) is 11.4. The van der Waals surface area contributed by atoms with Crippen molar-refractivity contribution in [1.29, 1.82) is 0 Å². The highest BCUT2D eigenvalue weighted by Gasteiger charge is 2.34. The van der Waals surface area contributed by atoms with Gasteiger partial charge in [0.2, 0.25) is 5.91 Å². The molecule has 1 saturated heterocycles. The number of amides is 1. The molecular formula is C16H12FNO3S. The molecular weight excluding hydrogens is 305 g/mol. The minimum atomic E-state index is -1.01. The molecule has 1 N–H and O–H groups in total. The van der Waals surface area contributed by atoms with Crippen LogP contribution in [-0.2, 0) is 4.79 Å². The molecule has 0 aliphatic carbocycles. The molecule has 0 aromatic heterocycles. The van der Waals surface area contributed by atoms with Crippen LogP contribution >= 0.6 is 11.8 Å².